The number of para-hydroxylation sites is 1. The number of ether oxygens (including phenoxy) is 1. The molecule has 8 nitrogen and oxygen atoms in total. The van der Waals surface area contributed by atoms with E-state index in [1.807, 2.05) is 32.0 Å². The minimum atomic E-state index is -0.592. The number of hydrogen-bond acceptors (Lipinski definition) is 5. The predicted octanol–water partition coefficient (Wildman–Crippen LogP) is 4.22. The summed E-state index contributed by atoms with van der Waals surface area (Å²) in [6.45, 7) is 3.62. The number of nitrogens with zero attached hydrogens (tertiary/aromatic N) is 2. The number of nitrogens with one attached hydrogen (secondary N) is 1. The van der Waals surface area contributed by atoms with Crippen LogP contribution in [0.3, 0.4) is 0 Å². The molecule has 0 fully saturated rings. The quantitative estimate of drug-likeness (QED) is 0.390. The number of hydrogen-bond donors (Lipinski definition) is 1. The summed E-state index contributed by atoms with van der Waals surface area (Å²) in [5.74, 6) is 0.282. The summed E-state index contributed by atoms with van der Waals surface area (Å²) >= 11 is 0. The van der Waals surface area contributed by atoms with Gasteiger partial charge in [-0.05, 0) is 55.3 Å². The minimum Gasteiger partial charge on any atom is -0.497 e. The third-order valence-corrected chi connectivity index (χ3v) is 6.20. The standard InChI is InChI=1S/C28H25N3O5/c1-17-8-13-22(18(2)14-17)29-24(32)16-30-25-21-6-4-5-7-23(21)36-26(25)27(33)31(28(30)34)15-19-9-11-20(35-3)12-10-19/h4-14H,15-16H2,1-3H3,(H,29,32). The predicted molar refractivity (Wildman–Crippen MR) is 139 cm³/mol. The molecule has 182 valence electrons. The highest BCUT2D eigenvalue weighted by molar-refractivity contribution is 6.03. The summed E-state index contributed by atoms with van der Waals surface area (Å²) in [7, 11) is 1.57. The monoisotopic (exact) mass is 483 g/mol. The van der Waals surface area contributed by atoms with Crippen molar-refractivity contribution in [1.29, 1.82) is 0 Å². The highest BCUT2D eigenvalue weighted by Gasteiger charge is 2.21. The fraction of sp³-hybridized carbons (Fsp3) is 0.179. The molecule has 3 aromatic carbocycles. The normalized spacial score (nSPS) is 11.2. The summed E-state index contributed by atoms with van der Waals surface area (Å²) in [4.78, 5) is 40.1. The SMILES string of the molecule is COc1ccc(Cn2c(=O)c3oc4ccccc4c3n(CC(=O)Nc3ccc(C)cc3C)c2=O)cc1. The molecule has 0 aliphatic carbocycles. The van der Waals surface area contributed by atoms with E-state index >= 15 is 0 Å². The average Bonchev–Trinajstić information content (AvgIpc) is 3.26. The largest absolute Gasteiger partial charge is 0.497 e. The van der Waals surface area contributed by atoms with Crippen LogP contribution in [-0.4, -0.2) is 22.2 Å². The maximum absolute atomic E-state index is 13.7. The van der Waals surface area contributed by atoms with Crippen LogP contribution in [0.2, 0.25) is 0 Å². The Morgan fingerprint density at radius 3 is 2.44 bits per heavy atom. The highest BCUT2D eigenvalue weighted by Crippen LogP contribution is 2.26. The molecule has 0 radical (unpaired) electrons. The van der Waals surface area contributed by atoms with Gasteiger partial charge in [-0.1, -0.05) is 42.0 Å². The molecule has 5 rings (SSSR count). The summed E-state index contributed by atoms with van der Waals surface area (Å²) < 4.78 is 13.5. The van der Waals surface area contributed by atoms with Gasteiger partial charge < -0.3 is 14.5 Å². The van der Waals surface area contributed by atoms with Crippen molar-refractivity contribution < 1.29 is 13.9 Å². The molecule has 5 aromatic rings. The number of carbonyl (C=O) groups is 1. The minimum absolute atomic E-state index is 0.0212. The summed E-state index contributed by atoms with van der Waals surface area (Å²) in [6, 6.07) is 19.9. The number of amides is 1. The van der Waals surface area contributed by atoms with Crippen LogP contribution in [0.25, 0.3) is 22.1 Å². The Labute approximate surface area is 206 Å². The number of aryl methyl sites for hydroxylation is 2. The van der Waals surface area contributed by atoms with Gasteiger partial charge in [-0.2, -0.15) is 0 Å². The Kier molecular flexibility index (Phi) is 5.93. The van der Waals surface area contributed by atoms with Crippen LogP contribution in [0.15, 0.2) is 80.7 Å². The number of benzene rings is 3. The molecular formula is C28H25N3O5. The highest BCUT2D eigenvalue weighted by atomic mass is 16.5. The molecule has 36 heavy (non-hydrogen) atoms. The molecule has 1 amide bonds. The number of fused-ring (bicyclic) bond motifs is 3. The van der Waals surface area contributed by atoms with E-state index in [0.29, 0.717) is 27.9 Å². The smallest absolute Gasteiger partial charge is 0.332 e. The van der Waals surface area contributed by atoms with Gasteiger partial charge >= 0.3 is 5.69 Å². The lowest BCUT2D eigenvalue weighted by atomic mass is 10.1. The van der Waals surface area contributed by atoms with Crippen molar-refractivity contribution >= 4 is 33.7 Å². The second-order valence-corrected chi connectivity index (χ2v) is 8.75. The van der Waals surface area contributed by atoms with Gasteiger partial charge in [-0.3, -0.25) is 18.7 Å². The van der Waals surface area contributed by atoms with Crippen LogP contribution in [0.1, 0.15) is 16.7 Å². The van der Waals surface area contributed by atoms with Crippen LogP contribution in [-0.2, 0) is 17.9 Å². The second kappa shape index (κ2) is 9.22. The molecular weight excluding hydrogens is 458 g/mol. The third-order valence-electron chi connectivity index (χ3n) is 6.20. The van der Waals surface area contributed by atoms with E-state index in [1.165, 1.54) is 4.57 Å². The third kappa shape index (κ3) is 4.17. The molecule has 0 bridgehead atoms. The first-order chi connectivity index (χ1) is 17.4. The van der Waals surface area contributed by atoms with Crippen molar-refractivity contribution in [2.45, 2.75) is 26.9 Å². The van der Waals surface area contributed by atoms with Gasteiger partial charge in [-0.15, -0.1) is 0 Å². The van der Waals surface area contributed by atoms with Gasteiger partial charge in [0.05, 0.1) is 13.7 Å². The van der Waals surface area contributed by atoms with E-state index in [2.05, 4.69) is 5.32 Å². The van der Waals surface area contributed by atoms with E-state index in [0.717, 1.165) is 21.3 Å². The summed E-state index contributed by atoms with van der Waals surface area (Å²) in [6.07, 6.45) is 0. The molecule has 0 unspecified atom stereocenters. The molecule has 0 aliphatic heterocycles. The van der Waals surface area contributed by atoms with Gasteiger partial charge in [0.1, 0.15) is 23.4 Å². The fourth-order valence-electron chi connectivity index (χ4n) is 4.38. The first-order valence-electron chi connectivity index (χ1n) is 11.5. The van der Waals surface area contributed by atoms with Crippen molar-refractivity contribution in [1.82, 2.24) is 9.13 Å². The second-order valence-electron chi connectivity index (χ2n) is 8.75. The first kappa shape index (κ1) is 23.2. The summed E-state index contributed by atoms with van der Waals surface area (Å²) in [5.41, 5.74) is 3.06. The van der Waals surface area contributed by atoms with Crippen molar-refractivity contribution in [2.75, 3.05) is 12.4 Å². The fourth-order valence-corrected chi connectivity index (χ4v) is 4.38. The first-order valence-corrected chi connectivity index (χ1v) is 11.5. The molecule has 2 heterocycles. The van der Waals surface area contributed by atoms with E-state index in [9.17, 15) is 14.4 Å². The van der Waals surface area contributed by atoms with Gasteiger partial charge in [0, 0.05) is 11.1 Å². The molecule has 0 aliphatic rings. The number of furan rings is 1. The molecule has 0 atom stereocenters. The average molecular weight is 484 g/mol. The van der Waals surface area contributed by atoms with E-state index < -0.39 is 11.2 Å². The van der Waals surface area contributed by atoms with Crippen LogP contribution in [0.4, 0.5) is 5.69 Å². The maximum Gasteiger partial charge on any atom is 0.332 e. The lowest BCUT2D eigenvalue weighted by Gasteiger charge is -2.13. The molecule has 8 heteroatoms. The van der Waals surface area contributed by atoms with Crippen LogP contribution in [0, 0.1) is 13.8 Å². The van der Waals surface area contributed by atoms with E-state index in [1.54, 1.807) is 55.6 Å². The maximum atomic E-state index is 13.7. The molecule has 2 aromatic heterocycles. The van der Waals surface area contributed by atoms with Crippen LogP contribution in [0.5, 0.6) is 5.75 Å². The Morgan fingerprint density at radius 2 is 1.72 bits per heavy atom. The number of carbonyl (C=O) groups excluding carboxylic acids is 1. The molecule has 0 saturated heterocycles. The van der Waals surface area contributed by atoms with Gasteiger partial charge in [-0.25, -0.2) is 4.79 Å². The molecule has 0 spiro atoms. The van der Waals surface area contributed by atoms with Gasteiger partial charge in [0.2, 0.25) is 11.5 Å². The lowest BCUT2D eigenvalue weighted by Crippen LogP contribution is -2.41. The number of rotatable bonds is 6. The zero-order valence-corrected chi connectivity index (χ0v) is 20.2. The summed E-state index contributed by atoms with van der Waals surface area (Å²) in [5, 5.41) is 3.48. The number of methoxy groups -OCH3 is 1. The Bertz CT molecular complexity index is 1730. The topological polar surface area (TPSA) is 95.5 Å². The Balaban J connectivity index is 1.62. The van der Waals surface area contributed by atoms with Crippen molar-refractivity contribution in [3.63, 3.8) is 0 Å². The Hall–Kier alpha value is -4.59. The lowest BCUT2D eigenvalue weighted by molar-refractivity contribution is -0.116. The molecule has 1 N–H and O–H groups in total. The van der Waals surface area contributed by atoms with Crippen LogP contribution >= 0.6 is 0 Å². The van der Waals surface area contributed by atoms with Gasteiger partial charge in [0.15, 0.2) is 0 Å². The van der Waals surface area contributed by atoms with Crippen molar-refractivity contribution in [3.8, 4) is 5.75 Å². The van der Waals surface area contributed by atoms with Gasteiger partial charge in [0.25, 0.3) is 5.56 Å². The zero-order valence-electron chi connectivity index (χ0n) is 20.2. The van der Waals surface area contributed by atoms with E-state index in [-0.39, 0.29) is 24.6 Å². The zero-order chi connectivity index (χ0) is 25.4. The number of aromatic nitrogens is 2. The van der Waals surface area contributed by atoms with E-state index in [4.69, 9.17) is 9.15 Å². The van der Waals surface area contributed by atoms with Crippen molar-refractivity contribution in [2.24, 2.45) is 0 Å². The Morgan fingerprint density at radius 1 is 0.972 bits per heavy atom. The van der Waals surface area contributed by atoms with Crippen molar-refractivity contribution in [3.05, 3.63) is 104 Å². The van der Waals surface area contributed by atoms with Crippen LogP contribution < -0.4 is 21.3 Å². The number of anilines is 1. The molecule has 0 saturated carbocycles.